The van der Waals surface area contributed by atoms with E-state index in [1.165, 1.54) is 12.8 Å². The molecule has 1 aliphatic carbocycles. The van der Waals surface area contributed by atoms with Crippen molar-refractivity contribution in [2.24, 2.45) is 13.0 Å². The predicted octanol–water partition coefficient (Wildman–Crippen LogP) is 1.04. The first-order valence-electron chi connectivity index (χ1n) is 5.09. The van der Waals surface area contributed by atoms with Gasteiger partial charge in [-0.2, -0.15) is 5.10 Å². The van der Waals surface area contributed by atoms with Gasteiger partial charge < -0.3 is 10.4 Å². The molecule has 1 aromatic rings. The minimum Gasteiger partial charge on any atom is -0.390 e. The van der Waals surface area contributed by atoms with Gasteiger partial charge >= 0.3 is 0 Å². The average Bonchev–Trinajstić information content (AvgIpc) is 2.91. The second kappa shape index (κ2) is 3.61. The molecule has 0 amide bonds. The second-order valence-electron chi connectivity index (χ2n) is 4.01. The summed E-state index contributed by atoms with van der Waals surface area (Å²) in [5.74, 6) is 0.834. The molecular weight excluding hydrogens is 178 g/mol. The van der Waals surface area contributed by atoms with E-state index in [1.54, 1.807) is 4.68 Å². The van der Waals surface area contributed by atoms with Crippen LogP contribution >= 0.6 is 0 Å². The number of anilines is 1. The summed E-state index contributed by atoms with van der Waals surface area (Å²) < 4.78 is 1.74. The third kappa shape index (κ3) is 1.75. The van der Waals surface area contributed by atoms with Gasteiger partial charge in [0.1, 0.15) is 0 Å². The van der Waals surface area contributed by atoms with E-state index in [-0.39, 0.29) is 6.61 Å². The summed E-state index contributed by atoms with van der Waals surface area (Å²) in [4.78, 5) is 0. The van der Waals surface area contributed by atoms with Crippen LogP contribution in [0.3, 0.4) is 0 Å². The lowest BCUT2D eigenvalue weighted by Gasteiger charge is -2.06. The number of nitrogens with one attached hydrogen (secondary N) is 1. The van der Waals surface area contributed by atoms with Crippen molar-refractivity contribution >= 4 is 5.69 Å². The second-order valence-corrected chi connectivity index (χ2v) is 4.01. The van der Waals surface area contributed by atoms with E-state index >= 15 is 0 Å². The maximum absolute atomic E-state index is 9.19. The Balaban J connectivity index is 2.11. The zero-order chi connectivity index (χ0) is 10.1. The molecule has 0 atom stereocenters. The summed E-state index contributed by atoms with van der Waals surface area (Å²) in [6.45, 7) is 3.03. The van der Waals surface area contributed by atoms with Crippen molar-refractivity contribution in [1.82, 2.24) is 9.78 Å². The Morgan fingerprint density at radius 2 is 2.29 bits per heavy atom. The third-order valence-electron chi connectivity index (χ3n) is 2.76. The Morgan fingerprint density at radius 3 is 2.86 bits per heavy atom. The van der Waals surface area contributed by atoms with E-state index < -0.39 is 0 Å². The van der Waals surface area contributed by atoms with Crippen molar-refractivity contribution in [2.75, 3.05) is 11.9 Å². The predicted molar refractivity (Wildman–Crippen MR) is 55.1 cm³/mol. The van der Waals surface area contributed by atoms with Gasteiger partial charge in [0.05, 0.1) is 23.7 Å². The number of aromatic nitrogens is 2. The van der Waals surface area contributed by atoms with Gasteiger partial charge in [0.25, 0.3) is 0 Å². The Morgan fingerprint density at radius 1 is 1.57 bits per heavy atom. The van der Waals surface area contributed by atoms with Gasteiger partial charge in [-0.05, 0) is 25.7 Å². The summed E-state index contributed by atoms with van der Waals surface area (Å²) in [6.07, 6.45) is 2.67. The van der Waals surface area contributed by atoms with Crippen LogP contribution in [-0.2, 0) is 13.7 Å². The molecule has 1 heterocycles. The molecule has 0 unspecified atom stereocenters. The highest BCUT2D eigenvalue weighted by molar-refractivity contribution is 5.52. The van der Waals surface area contributed by atoms with Crippen molar-refractivity contribution in [3.63, 3.8) is 0 Å². The van der Waals surface area contributed by atoms with Crippen molar-refractivity contribution in [2.45, 2.75) is 26.4 Å². The molecule has 78 valence electrons. The van der Waals surface area contributed by atoms with Crippen LogP contribution < -0.4 is 5.32 Å². The van der Waals surface area contributed by atoms with Crippen molar-refractivity contribution in [3.05, 3.63) is 11.4 Å². The fourth-order valence-corrected chi connectivity index (χ4v) is 1.69. The minimum absolute atomic E-state index is 0.0460. The zero-order valence-electron chi connectivity index (χ0n) is 8.75. The minimum atomic E-state index is 0.0460. The molecule has 0 bridgehead atoms. The number of aryl methyl sites for hydroxylation is 2. The lowest BCUT2D eigenvalue weighted by Crippen LogP contribution is -2.07. The van der Waals surface area contributed by atoms with E-state index in [2.05, 4.69) is 10.4 Å². The van der Waals surface area contributed by atoms with Crippen LogP contribution in [0.25, 0.3) is 0 Å². The lowest BCUT2D eigenvalue weighted by atomic mass is 10.3. The van der Waals surface area contributed by atoms with Gasteiger partial charge in [-0.1, -0.05) is 0 Å². The maximum Gasteiger partial charge on any atom is 0.0870 e. The smallest absolute Gasteiger partial charge is 0.0870 e. The number of aliphatic hydroxyl groups excluding tert-OH is 1. The number of rotatable bonds is 4. The molecule has 0 saturated heterocycles. The highest BCUT2D eigenvalue weighted by Crippen LogP contribution is 2.30. The fraction of sp³-hybridized carbons (Fsp3) is 0.700. The number of hydrogen-bond acceptors (Lipinski definition) is 3. The van der Waals surface area contributed by atoms with Gasteiger partial charge in [0.15, 0.2) is 0 Å². The van der Waals surface area contributed by atoms with Crippen molar-refractivity contribution in [1.29, 1.82) is 0 Å². The van der Waals surface area contributed by atoms with Crippen LogP contribution in [0.4, 0.5) is 5.69 Å². The van der Waals surface area contributed by atoms with E-state index in [4.69, 9.17) is 0 Å². The standard InChI is InChI=1S/C10H17N3O/c1-7-10(11-5-8-3-4-8)9(6-14)13(2)12-7/h8,11,14H,3-6H2,1-2H3. The van der Waals surface area contributed by atoms with Crippen LogP contribution in [0.2, 0.25) is 0 Å². The van der Waals surface area contributed by atoms with E-state index in [0.29, 0.717) is 0 Å². The van der Waals surface area contributed by atoms with E-state index in [0.717, 1.165) is 29.5 Å². The highest BCUT2D eigenvalue weighted by Gasteiger charge is 2.22. The largest absolute Gasteiger partial charge is 0.390 e. The van der Waals surface area contributed by atoms with Crippen LogP contribution in [0.5, 0.6) is 0 Å². The SMILES string of the molecule is Cc1nn(C)c(CO)c1NCC1CC1. The fourth-order valence-electron chi connectivity index (χ4n) is 1.69. The molecule has 4 nitrogen and oxygen atoms in total. The van der Waals surface area contributed by atoms with Crippen molar-refractivity contribution in [3.8, 4) is 0 Å². The third-order valence-corrected chi connectivity index (χ3v) is 2.76. The summed E-state index contributed by atoms with van der Waals surface area (Å²) in [6, 6.07) is 0. The monoisotopic (exact) mass is 195 g/mol. The average molecular weight is 195 g/mol. The lowest BCUT2D eigenvalue weighted by molar-refractivity contribution is 0.271. The topological polar surface area (TPSA) is 50.1 Å². The van der Waals surface area contributed by atoms with E-state index in [9.17, 15) is 5.11 Å². The summed E-state index contributed by atoms with van der Waals surface area (Å²) in [5, 5.41) is 16.8. The van der Waals surface area contributed by atoms with Crippen LogP contribution in [0, 0.1) is 12.8 Å². The van der Waals surface area contributed by atoms with Crippen LogP contribution in [-0.4, -0.2) is 21.4 Å². The number of aliphatic hydroxyl groups is 1. The van der Waals surface area contributed by atoms with Crippen molar-refractivity contribution < 1.29 is 5.11 Å². The molecule has 1 aliphatic rings. The molecule has 4 heteroatoms. The summed E-state index contributed by atoms with van der Waals surface area (Å²) in [7, 11) is 1.86. The Bertz CT molecular complexity index is 328. The summed E-state index contributed by atoms with van der Waals surface area (Å²) in [5.41, 5.74) is 2.86. The molecule has 0 spiro atoms. The molecule has 0 aromatic carbocycles. The van der Waals surface area contributed by atoms with Gasteiger partial charge in [-0.3, -0.25) is 4.68 Å². The molecular formula is C10H17N3O. The number of nitrogens with zero attached hydrogens (tertiary/aromatic N) is 2. The molecule has 2 N–H and O–H groups in total. The Kier molecular flexibility index (Phi) is 2.46. The number of hydrogen-bond donors (Lipinski definition) is 2. The van der Waals surface area contributed by atoms with Gasteiger partial charge in [0, 0.05) is 13.6 Å². The quantitative estimate of drug-likeness (QED) is 0.754. The first-order valence-corrected chi connectivity index (χ1v) is 5.09. The molecule has 14 heavy (non-hydrogen) atoms. The Hall–Kier alpha value is -1.03. The molecule has 0 aliphatic heterocycles. The van der Waals surface area contributed by atoms with Crippen LogP contribution in [0.1, 0.15) is 24.2 Å². The first-order chi connectivity index (χ1) is 6.72. The summed E-state index contributed by atoms with van der Waals surface area (Å²) >= 11 is 0. The maximum atomic E-state index is 9.19. The van der Waals surface area contributed by atoms with E-state index in [1.807, 2.05) is 14.0 Å². The van der Waals surface area contributed by atoms with Gasteiger partial charge in [0.2, 0.25) is 0 Å². The molecule has 1 saturated carbocycles. The Labute approximate surface area is 83.9 Å². The first kappa shape index (κ1) is 9.52. The zero-order valence-corrected chi connectivity index (χ0v) is 8.75. The van der Waals surface area contributed by atoms with Gasteiger partial charge in [-0.25, -0.2) is 0 Å². The normalized spacial score (nSPS) is 15.9. The van der Waals surface area contributed by atoms with Crippen LogP contribution in [0.15, 0.2) is 0 Å². The van der Waals surface area contributed by atoms with Gasteiger partial charge in [-0.15, -0.1) is 0 Å². The molecule has 2 rings (SSSR count). The molecule has 1 aromatic heterocycles. The molecule has 1 fully saturated rings. The highest BCUT2D eigenvalue weighted by atomic mass is 16.3. The molecule has 0 radical (unpaired) electrons.